The summed E-state index contributed by atoms with van der Waals surface area (Å²) in [5.41, 5.74) is 2.80. The van der Waals surface area contributed by atoms with Crippen molar-refractivity contribution in [3.63, 3.8) is 0 Å². The Morgan fingerprint density at radius 2 is 1.88 bits per heavy atom. The molecular formula is C21H32N4O. The van der Waals surface area contributed by atoms with Crippen LogP contribution in [0.3, 0.4) is 0 Å². The Balaban J connectivity index is 1.67. The molecule has 2 aliphatic heterocycles. The minimum Gasteiger partial charge on any atom is -0.352 e. The van der Waals surface area contributed by atoms with Gasteiger partial charge in [-0.15, -0.1) is 0 Å². The Kier molecular flexibility index (Phi) is 5.00. The average molecular weight is 357 g/mol. The van der Waals surface area contributed by atoms with Gasteiger partial charge in [0.15, 0.2) is 5.96 Å². The largest absolute Gasteiger partial charge is 0.352 e. The first-order valence-electron chi connectivity index (χ1n) is 9.59. The lowest BCUT2D eigenvalue weighted by molar-refractivity contribution is -0.128. The van der Waals surface area contributed by atoms with E-state index in [1.807, 2.05) is 11.9 Å². The average Bonchev–Trinajstić information content (AvgIpc) is 3.00. The Labute approximate surface area is 157 Å². The smallest absolute Gasteiger partial charge is 0.222 e. The summed E-state index contributed by atoms with van der Waals surface area (Å²) in [6.07, 6.45) is 1.67. The van der Waals surface area contributed by atoms with Crippen molar-refractivity contribution in [2.75, 3.05) is 20.1 Å². The van der Waals surface area contributed by atoms with Gasteiger partial charge in [0.05, 0.1) is 0 Å². The van der Waals surface area contributed by atoms with Gasteiger partial charge in [0.1, 0.15) is 0 Å². The SMILES string of the molecule is CN=C(NCc1ccccc1CN1CCCC1=O)N1CC(C)(C)C1(C)C. The molecule has 0 saturated carbocycles. The molecule has 142 valence electrons. The van der Waals surface area contributed by atoms with Crippen molar-refractivity contribution in [3.05, 3.63) is 35.4 Å². The number of guanidine groups is 1. The Morgan fingerprint density at radius 1 is 1.19 bits per heavy atom. The second-order valence-electron chi connectivity index (χ2n) is 8.62. The zero-order chi connectivity index (χ0) is 18.9. The normalized spacial score (nSPS) is 21.7. The van der Waals surface area contributed by atoms with E-state index in [1.165, 1.54) is 11.1 Å². The number of likely N-dealkylation sites (tertiary alicyclic amines) is 2. The minimum atomic E-state index is 0.0797. The van der Waals surface area contributed by atoms with Crippen LogP contribution in [0, 0.1) is 5.41 Å². The molecule has 5 heteroatoms. The highest BCUT2D eigenvalue weighted by molar-refractivity contribution is 5.82. The number of carbonyl (C=O) groups is 1. The van der Waals surface area contributed by atoms with E-state index in [0.717, 1.165) is 32.0 Å². The molecule has 0 bridgehead atoms. The number of aliphatic imine (C=N–C) groups is 1. The zero-order valence-corrected chi connectivity index (χ0v) is 16.8. The lowest BCUT2D eigenvalue weighted by Crippen LogP contribution is -2.72. The number of benzene rings is 1. The van der Waals surface area contributed by atoms with Gasteiger partial charge in [-0.2, -0.15) is 0 Å². The van der Waals surface area contributed by atoms with Crippen molar-refractivity contribution in [2.45, 2.75) is 59.2 Å². The number of carbonyl (C=O) groups excluding carboxylic acids is 1. The van der Waals surface area contributed by atoms with Gasteiger partial charge in [-0.3, -0.25) is 9.79 Å². The summed E-state index contributed by atoms with van der Waals surface area (Å²) in [5.74, 6) is 1.22. The third-order valence-corrected chi connectivity index (χ3v) is 6.44. The molecular weight excluding hydrogens is 324 g/mol. The topological polar surface area (TPSA) is 47.9 Å². The number of nitrogens with one attached hydrogen (secondary N) is 1. The summed E-state index contributed by atoms with van der Waals surface area (Å²) in [7, 11) is 1.85. The first-order valence-corrected chi connectivity index (χ1v) is 9.59. The lowest BCUT2D eigenvalue weighted by atomic mass is 9.65. The molecule has 0 unspecified atom stereocenters. The summed E-state index contributed by atoms with van der Waals surface area (Å²) in [5, 5.41) is 3.53. The van der Waals surface area contributed by atoms with E-state index in [4.69, 9.17) is 0 Å². The van der Waals surface area contributed by atoms with Crippen LogP contribution in [0.25, 0.3) is 0 Å². The van der Waals surface area contributed by atoms with Crippen molar-refractivity contribution < 1.29 is 4.79 Å². The predicted molar refractivity (Wildman–Crippen MR) is 106 cm³/mol. The second kappa shape index (κ2) is 6.93. The van der Waals surface area contributed by atoms with E-state index in [1.54, 1.807) is 0 Å². The van der Waals surface area contributed by atoms with Crippen LogP contribution in [-0.4, -0.2) is 47.3 Å². The molecule has 0 spiro atoms. The maximum Gasteiger partial charge on any atom is 0.222 e. The molecule has 5 nitrogen and oxygen atoms in total. The van der Waals surface area contributed by atoms with Crippen LogP contribution < -0.4 is 5.32 Å². The molecule has 0 aromatic heterocycles. The summed E-state index contributed by atoms with van der Waals surface area (Å²) in [4.78, 5) is 20.8. The van der Waals surface area contributed by atoms with Crippen molar-refractivity contribution in [3.8, 4) is 0 Å². The fraction of sp³-hybridized carbons (Fsp3) is 0.619. The standard InChI is InChI=1S/C21H32N4O/c1-20(2)15-25(21(20,3)4)19(22-5)23-13-16-9-6-7-10-17(16)14-24-12-8-11-18(24)26/h6-7,9-10H,8,11-15H2,1-5H3,(H,22,23). The van der Waals surface area contributed by atoms with E-state index in [2.05, 4.69) is 67.2 Å². The van der Waals surface area contributed by atoms with Crippen molar-refractivity contribution >= 4 is 11.9 Å². The maximum atomic E-state index is 12.0. The maximum absolute atomic E-state index is 12.0. The lowest BCUT2D eigenvalue weighted by Gasteiger charge is -2.62. The van der Waals surface area contributed by atoms with E-state index in [0.29, 0.717) is 13.0 Å². The number of hydrogen-bond donors (Lipinski definition) is 1. The van der Waals surface area contributed by atoms with Crippen LogP contribution in [0.5, 0.6) is 0 Å². The highest BCUT2D eigenvalue weighted by Gasteiger charge is 2.53. The third-order valence-electron chi connectivity index (χ3n) is 6.44. The van der Waals surface area contributed by atoms with E-state index >= 15 is 0 Å². The van der Waals surface area contributed by atoms with E-state index < -0.39 is 0 Å². The highest BCUT2D eigenvalue weighted by Crippen LogP contribution is 2.46. The van der Waals surface area contributed by atoms with Crippen molar-refractivity contribution in [1.82, 2.24) is 15.1 Å². The molecule has 0 atom stereocenters. The highest BCUT2D eigenvalue weighted by atomic mass is 16.2. The zero-order valence-electron chi connectivity index (χ0n) is 16.8. The monoisotopic (exact) mass is 356 g/mol. The van der Waals surface area contributed by atoms with Crippen LogP contribution in [-0.2, 0) is 17.9 Å². The third kappa shape index (κ3) is 3.31. The Bertz CT molecular complexity index is 708. The van der Waals surface area contributed by atoms with Crippen LogP contribution in [0.2, 0.25) is 0 Å². The van der Waals surface area contributed by atoms with Crippen LogP contribution in [0.1, 0.15) is 51.7 Å². The van der Waals surface area contributed by atoms with E-state index in [-0.39, 0.29) is 16.9 Å². The summed E-state index contributed by atoms with van der Waals surface area (Å²) in [6.45, 7) is 12.5. The minimum absolute atomic E-state index is 0.0797. The van der Waals surface area contributed by atoms with Gasteiger partial charge in [0.2, 0.25) is 5.91 Å². The molecule has 1 aromatic rings. The first kappa shape index (κ1) is 18.7. The first-order chi connectivity index (χ1) is 12.3. The molecule has 2 saturated heterocycles. The van der Waals surface area contributed by atoms with Gasteiger partial charge in [0, 0.05) is 50.6 Å². The molecule has 0 radical (unpaired) electrons. The van der Waals surface area contributed by atoms with E-state index in [9.17, 15) is 4.79 Å². The van der Waals surface area contributed by atoms with Crippen LogP contribution >= 0.6 is 0 Å². The van der Waals surface area contributed by atoms with Crippen LogP contribution in [0.15, 0.2) is 29.3 Å². The summed E-state index contributed by atoms with van der Waals surface area (Å²) >= 11 is 0. The molecule has 2 aliphatic rings. The number of rotatable bonds is 4. The molecule has 3 rings (SSSR count). The Hall–Kier alpha value is -2.04. The quantitative estimate of drug-likeness (QED) is 0.666. The van der Waals surface area contributed by atoms with Gasteiger partial charge in [-0.05, 0) is 31.4 Å². The number of amides is 1. The van der Waals surface area contributed by atoms with Gasteiger partial charge < -0.3 is 15.1 Å². The fourth-order valence-corrected chi connectivity index (χ4v) is 3.83. The van der Waals surface area contributed by atoms with Gasteiger partial charge in [0.25, 0.3) is 0 Å². The Morgan fingerprint density at radius 3 is 2.42 bits per heavy atom. The number of nitrogens with zero attached hydrogens (tertiary/aromatic N) is 3. The van der Waals surface area contributed by atoms with Gasteiger partial charge >= 0.3 is 0 Å². The number of hydrogen-bond acceptors (Lipinski definition) is 2. The molecule has 0 aliphatic carbocycles. The van der Waals surface area contributed by atoms with Crippen LogP contribution in [0.4, 0.5) is 0 Å². The molecule has 2 heterocycles. The molecule has 1 N–H and O–H groups in total. The molecule has 1 amide bonds. The molecule has 26 heavy (non-hydrogen) atoms. The fourth-order valence-electron chi connectivity index (χ4n) is 3.83. The summed E-state index contributed by atoms with van der Waals surface area (Å²) < 4.78 is 0. The second-order valence-corrected chi connectivity index (χ2v) is 8.62. The molecule has 2 fully saturated rings. The molecule has 1 aromatic carbocycles. The van der Waals surface area contributed by atoms with Crippen molar-refractivity contribution in [1.29, 1.82) is 0 Å². The predicted octanol–water partition coefficient (Wildman–Crippen LogP) is 3.00. The van der Waals surface area contributed by atoms with Gasteiger partial charge in [-0.25, -0.2) is 0 Å². The van der Waals surface area contributed by atoms with Crippen molar-refractivity contribution in [2.24, 2.45) is 10.4 Å². The summed E-state index contributed by atoms with van der Waals surface area (Å²) in [6, 6.07) is 8.38. The van der Waals surface area contributed by atoms with Gasteiger partial charge in [-0.1, -0.05) is 38.1 Å².